The molecule has 3 aliphatic carbocycles. The molecule has 0 amide bonds. The maximum absolute atomic E-state index is 12.6. The van der Waals surface area contributed by atoms with Crippen LogP contribution in [0.25, 0.3) is 0 Å². The minimum atomic E-state index is -1.41. The average molecular weight is 266 g/mol. The van der Waals surface area contributed by atoms with Crippen LogP contribution in [0.2, 0.25) is 0 Å². The van der Waals surface area contributed by atoms with Crippen molar-refractivity contribution < 1.29 is 20.1 Å². The summed E-state index contributed by atoms with van der Waals surface area (Å²) < 4.78 is 0. The molecule has 0 saturated heterocycles. The minimum Gasteiger partial charge on any atom is -0.396 e. The van der Waals surface area contributed by atoms with E-state index in [0.717, 1.165) is 12.8 Å². The number of aliphatic hydroxyl groups excluding tert-OH is 2. The quantitative estimate of drug-likeness (QED) is 0.651. The SMILES string of the molecule is CC1(C)C=C2C(=O)[C@](C)(O)C3(CC3)[C@H](CO)[C@H]2[C@@H]1O. The Kier molecular flexibility index (Phi) is 2.44. The van der Waals surface area contributed by atoms with E-state index in [-0.39, 0.29) is 24.2 Å². The zero-order chi connectivity index (χ0) is 14.2. The first kappa shape index (κ1) is 13.3. The van der Waals surface area contributed by atoms with Gasteiger partial charge >= 0.3 is 0 Å². The molecular formula is C15H22O4. The highest BCUT2D eigenvalue weighted by Gasteiger charge is 2.71. The highest BCUT2D eigenvalue weighted by atomic mass is 16.3. The van der Waals surface area contributed by atoms with Crippen LogP contribution in [-0.4, -0.2) is 39.4 Å². The van der Waals surface area contributed by atoms with Gasteiger partial charge in [0.15, 0.2) is 5.78 Å². The van der Waals surface area contributed by atoms with Gasteiger partial charge in [-0.25, -0.2) is 0 Å². The number of hydrogen-bond acceptors (Lipinski definition) is 4. The minimum absolute atomic E-state index is 0.0986. The summed E-state index contributed by atoms with van der Waals surface area (Å²) in [5, 5.41) is 30.9. The van der Waals surface area contributed by atoms with Gasteiger partial charge in [-0.15, -0.1) is 0 Å². The van der Waals surface area contributed by atoms with Crippen LogP contribution in [0.3, 0.4) is 0 Å². The van der Waals surface area contributed by atoms with Gasteiger partial charge in [0.05, 0.1) is 6.10 Å². The molecule has 0 bridgehead atoms. The molecule has 3 rings (SSSR count). The number of hydrogen-bond donors (Lipinski definition) is 3. The Hall–Kier alpha value is -0.710. The van der Waals surface area contributed by atoms with Crippen LogP contribution in [0.1, 0.15) is 33.6 Å². The Bertz CT molecular complexity index is 471. The number of ketones is 1. The lowest BCUT2D eigenvalue weighted by Gasteiger charge is -2.47. The smallest absolute Gasteiger partial charge is 0.190 e. The predicted octanol–water partition coefficient (Wildman–Crippen LogP) is 0.652. The molecule has 19 heavy (non-hydrogen) atoms. The van der Waals surface area contributed by atoms with E-state index in [1.807, 2.05) is 13.8 Å². The molecule has 4 atom stereocenters. The molecule has 0 heterocycles. The number of carbonyl (C=O) groups is 1. The first-order chi connectivity index (χ1) is 8.69. The standard InChI is InChI=1S/C15H22O4/c1-13(2)6-8-10(12(13)18)9(7-16)15(4-5-15)14(3,19)11(8)17/h6,9-10,12,16,18-19H,4-5,7H2,1-3H3/t9-,10+,12+,14+/m1/s1. The molecule has 0 unspecified atom stereocenters. The Morgan fingerprint density at radius 1 is 1.32 bits per heavy atom. The van der Waals surface area contributed by atoms with Gasteiger partial charge in [0.25, 0.3) is 0 Å². The molecule has 4 nitrogen and oxygen atoms in total. The van der Waals surface area contributed by atoms with Gasteiger partial charge in [-0.3, -0.25) is 4.79 Å². The normalized spacial score (nSPS) is 46.1. The first-order valence-corrected chi connectivity index (χ1v) is 6.98. The summed E-state index contributed by atoms with van der Waals surface area (Å²) in [6.45, 7) is 5.25. The fraction of sp³-hybridized carbons (Fsp3) is 0.800. The second kappa shape index (κ2) is 3.48. The monoisotopic (exact) mass is 266 g/mol. The third-order valence-corrected chi connectivity index (χ3v) is 5.79. The van der Waals surface area contributed by atoms with Gasteiger partial charge in [-0.05, 0) is 19.8 Å². The van der Waals surface area contributed by atoms with E-state index >= 15 is 0 Å². The zero-order valence-electron chi connectivity index (χ0n) is 11.7. The topological polar surface area (TPSA) is 77.8 Å². The molecule has 3 N–H and O–H groups in total. The second-order valence-corrected chi connectivity index (χ2v) is 7.24. The van der Waals surface area contributed by atoms with Crippen molar-refractivity contribution >= 4 is 5.78 Å². The lowest BCUT2D eigenvalue weighted by Crippen LogP contribution is -2.58. The van der Waals surface area contributed by atoms with Crippen molar-refractivity contribution in [1.82, 2.24) is 0 Å². The third-order valence-electron chi connectivity index (χ3n) is 5.79. The van der Waals surface area contributed by atoms with Gasteiger partial charge < -0.3 is 15.3 Å². The van der Waals surface area contributed by atoms with E-state index in [4.69, 9.17) is 0 Å². The Morgan fingerprint density at radius 2 is 1.89 bits per heavy atom. The van der Waals surface area contributed by atoms with E-state index < -0.39 is 22.5 Å². The molecule has 4 heteroatoms. The van der Waals surface area contributed by atoms with E-state index in [2.05, 4.69) is 0 Å². The average Bonchev–Trinajstić information content (AvgIpc) is 3.07. The molecule has 2 saturated carbocycles. The highest BCUT2D eigenvalue weighted by Crippen LogP contribution is 2.67. The Balaban J connectivity index is 2.14. The highest BCUT2D eigenvalue weighted by molar-refractivity contribution is 6.04. The van der Waals surface area contributed by atoms with Gasteiger partial charge in [0, 0.05) is 34.8 Å². The van der Waals surface area contributed by atoms with E-state index in [1.54, 1.807) is 13.0 Å². The summed E-state index contributed by atoms with van der Waals surface area (Å²) >= 11 is 0. The van der Waals surface area contributed by atoms with E-state index in [9.17, 15) is 20.1 Å². The van der Waals surface area contributed by atoms with Crippen molar-refractivity contribution in [2.75, 3.05) is 6.61 Å². The van der Waals surface area contributed by atoms with Crippen molar-refractivity contribution in [1.29, 1.82) is 0 Å². The molecule has 0 radical (unpaired) electrons. The third kappa shape index (κ3) is 1.37. The molecule has 0 aliphatic heterocycles. The molecule has 0 aromatic heterocycles. The summed E-state index contributed by atoms with van der Waals surface area (Å²) in [6, 6.07) is 0. The number of aliphatic hydroxyl groups is 3. The second-order valence-electron chi connectivity index (χ2n) is 7.24. The number of carbonyl (C=O) groups excluding carboxylic acids is 1. The van der Waals surface area contributed by atoms with Gasteiger partial charge in [0.2, 0.25) is 0 Å². The van der Waals surface area contributed by atoms with Gasteiger partial charge in [-0.1, -0.05) is 19.9 Å². The summed E-state index contributed by atoms with van der Waals surface area (Å²) in [5.41, 5.74) is -1.93. The van der Waals surface area contributed by atoms with E-state index in [0.29, 0.717) is 5.57 Å². The lowest BCUT2D eigenvalue weighted by molar-refractivity contribution is -0.156. The van der Waals surface area contributed by atoms with Crippen molar-refractivity contribution in [2.24, 2.45) is 22.7 Å². The van der Waals surface area contributed by atoms with Crippen LogP contribution < -0.4 is 0 Å². The van der Waals surface area contributed by atoms with Crippen molar-refractivity contribution in [3.63, 3.8) is 0 Å². The van der Waals surface area contributed by atoms with Crippen LogP contribution in [0.15, 0.2) is 11.6 Å². The molecule has 0 aromatic carbocycles. The van der Waals surface area contributed by atoms with Gasteiger partial charge in [-0.2, -0.15) is 0 Å². The molecule has 3 aliphatic rings. The fourth-order valence-corrected chi connectivity index (χ4v) is 4.36. The molecule has 1 spiro atoms. The molecular weight excluding hydrogens is 244 g/mol. The van der Waals surface area contributed by atoms with Crippen molar-refractivity contribution in [2.45, 2.75) is 45.3 Å². The first-order valence-electron chi connectivity index (χ1n) is 6.98. The fourth-order valence-electron chi connectivity index (χ4n) is 4.36. The summed E-state index contributed by atoms with van der Waals surface area (Å²) in [7, 11) is 0. The zero-order valence-corrected chi connectivity index (χ0v) is 11.7. The van der Waals surface area contributed by atoms with Crippen LogP contribution in [-0.2, 0) is 4.79 Å². The summed E-state index contributed by atoms with van der Waals surface area (Å²) in [5.74, 6) is -0.831. The molecule has 0 aromatic rings. The van der Waals surface area contributed by atoms with Gasteiger partial charge in [0.1, 0.15) is 5.60 Å². The van der Waals surface area contributed by atoms with Crippen molar-refractivity contribution in [3.05, 3.63) is 11.6 Å². The van der Waals surface area contributed by atoms with Crippen LogP contribution in [0.5, 0.6) is 0 Å². The largest absolute Gasteiger partial charge is 0.396 e. The number of rotatable bonds is 1. The van der Waals surface area contributed by atoms with Crippen LogP contribution >= 0.6 is 0 Å². The van der Waals surface area contributed by atoms with Crippen LogP contribution in [0, 0.1) is 22.7 Å². The van der Waals surface area contributed by atoms with Crippen molar-refractivity contribution in [3.8, 4) is 0 Å². The van der Waals surface area contributed by atoms with E-state index in [1.165, 1.54) is 0 Å². The Morgan fingerprint density at radius 3 is 2.37 bits per heavy atom. The maximum atomic E-state index is 12.6. The summed E-state index contributed by atoms with van der Waals surface area (Å²) in [6.07, 6.45) is 2.61. The lowest BCUT2D eigenvalue weighted by atomic mass is 9.59. The predicted molar refractivity (Wildman–Crippen MR) is 69.2 cm³/mol. The molecule has 2 fully saturated rings. The summed E-state index contributed by atoms with van der Waals surface area (Å²) in [4.78, 5) is 12.6. The number of Topliss-reactive ketones (excluding diaryl/α,β-unsaturated/α-hetero) is 1. The number of fused-ring (bicyclic) bond motifs is 1. The maximum Gasteiger partial charge on any atom is 0.190 e. The Labute approximate surface area is 113 Å². The van der Waals surface area contributed by atoms with Crippen LogP contribution in [0.4, 0.5) is 0 Å². The molecule has 106 valence electrons.